The smallest absolute Gasteiger partial charge is 0.262 e. The van der Waals surface area contributed by atoms with E-state index in [1.165, 1.54) is 6.07 Å². The molecule has 0 heterocycles. The second-order valence-corrected chi connectivity index (χ2v) is 4.66. The van der Waals surface area contributed by atoms with Gasteiger partial charge in [-0.05, 0) is 43.2 Å². The van der Waals surface area contributed by atoms with Gasteiger partial charge in [0.15, 0.2) is 18.2 Å². The molecule has 0 radical (unpaired) electrons. The van der Waals surface area contributed by atoms with E-state index in [1.54, 1.807) is 6.07 Å². The number of ether oxygens (including phenoxy) is 1. The van der Waals surface area contributed by atoms with Crippen LogP contribution in [0, 0.1) is 25.5 Å². The quantitative estimate of drug-likeness (QED) is 0.934. The zero-order valence-electron chi connectivity index (χ0n) is 11.7. The van der Waals surface area contributed by atoms with Crippen molar-refractivity contribution >= 4 is 11.6 Å². The van der Waals surface area contributed by atoms with Crippen molar-refractivity contribution in [2.75, 3.05) is 11.9 Å². The lowest BCUT2D eigenvalue weighted by molar-refractivity contribution is -0.118. The van der Waals surface area contributed by atoms with E-state index in [-0.39, 0.29) is 12.3 Å². The molecule has 0 fully saturated rings. The van der Waals surface area contributed by atoms with Gasteiger partial charge in [0.25, 0.3) is 5.91 Å². The average molecular weight is 291 g/mol. The Morgan fingerprint density at radius 2 is 1.90 bits per heavy atom. The van der Waals surface area contributed by atoms with Crippen LogP contribution in [0.5, 0.6) is 5.75 Å². The number of halogens is 2. The summed E-state index contributed by atoms with van der Waals surface area (Å²) in [4.78, 5) is 11.7. The van der Waals surface area contributed by atoms with Crippen LogP contribution in [0.15, 0.2) is 36.4 Å². The standard InChI is InChI=1S/C16H15F2NO2/c1-10-4-3-5-15(11(10)2)21-9-16(20)19-12-6-7-13(17)14(18)8-12/h3-8H,9H2,1-2H3,(H,19,20). The number of carbonyl (C=O) groups excluding carboxylic acids is 1. The molecule has 5 heteroatoms. The van der Waals surface area contributed by atoms with Crippen LogP contribution >= 0.6 is 0 Å². The molecule has 0 saturated heterocycles. The fourth-order valence-electron chi connectivity index (χ4n) is 1.79. The summed E-state index contributed by atoms with van der Waals surface area (Å²) in [6.07, 6.45) is 0. The van der Waals surface area contributed by atoms with Gasteiger partial charge < -0.3 is 10.1 Å². The molecule has 1 N–H and O–H groups in total. The number of rotatable bonds is 4. The highest BCUT2D eigenvalue weighted by Crippen LogP contribution is 2.20. The van der Waals surface area contributed by atoms with Crippen LogP contribution in [0.25, 0.3) is 0 Å². The topological polar surface area (TPSA) is 38.3 Å². The molecule has 0 bridgehead atoms. The summed E-state index contributed by atoms with van der Waals surface area (Å²) in [5.74, 6) is -1.79. The molecule has 0 saturated carbocycles. The summed E-state index contributed by atoms with van der Waals surface area (Å²) in [7, 11) is 0. The zero-order chi connectivity index (χ0) is 15.4. The van der Waals surface area contributed by atoms with E-state index >= 15 is 0 Å². The maximum Gasteiger partial charge on any atom is 0.262 e. The molecule has 0 aromatic heterocycles. The number of nitrogens with one attached hydrogen (secondary N) is 1. The summed E-state index contributed by atoms with van der Waals surface area (Å²) in [6, 6.07) is 8.72. The highest BCUT2D eigenvalue weighted by Gasteiger charge is 2.08. The lowest BCUT2D eigenvalue weighted by Crippen LogP contribution is -2.20. The van der Waals surface area contributed by atoms with Crippen LogP contribution in [-0.2, 0) is 4.79 Å². The Balaban J connectivity index is 1.96. The lowest BCUT2D eigenvalue weighted by Gasteiger charge is -2.11. The van der Waals surface area contributed by atoms with Gasteiger partial charge in [-0.2, -0.15) is 0 Å². The van der Waals surface area contributed by atoms with Crippen molar-refractivity contribution in [2.24, 2.45) is 0 Å². The summed E-state index contributed by atoms with van der Waals surface area (Å²) in [5, 5.41) is 2.44. The van der Waals surface area contributed by atoms with Gasteiger partial charge in [-0.3, -0.25) is 4.79 Å². The molecule has 3 nitrogen and oxygen atoms in total. The molecule has 2 rings (SSSR count). The molecule has 2 aromatic rings. The summed E-state index contributed by atoms with van der Waals surface area (Å²) in [6.45, 7) is 3.64. The van der Waals surface area contributed by atoms with Gasteiger partial charge in [0.05, 0.1) is 0 Å². The number of hydrogen-bond donors (Lipinski definition) is 1. The highest BCUT2D eigenvalue weighted by molar-refractivity contribution is 5.91. The molecule has 0 atom stereocenters. The van der Waals surface area contributed by atoms with E-state index in [0.717, 1.165) is 23.3 Å². The summed E-state index contributed by atoms with van der Waals surface area (Å²) in [5.41, 5.74) is 2.20. The molecule has 0 aliphatic rings. The van der Waals surface area contributed by atoms with Crippen LogP contribution in [0.3, 0.4) is 0 Å². The Labute approximate surface area is 121 Å². The molecule has 21 heavy (non-hydrogen) atoms. The van der Waals surface area contributed by atoms with E-state index < -0.39 is 17.5 Å². The first-order chi connectivity index (χ1) is 9.97. The van der Waals surface area contributed by atoms with Crippen molar-refractivity contribution in [1.82, 2.24) is 0 Å². The summed E-state index contributed by atoms with van der Waals surface area (Å²) < 4.78 is 31.2. The number of aryl methyl sites for hydroxylation is 1. The van der Waals surface area contributed by atoms with Crippen LogP contribution in [0.4, 0.5) is 14.5 Å². The van der Waals surface area contributed by atoms with Crippen molar-refractivity contribution in [3.8, 4) is 5.75 Å². The van der Waals surface area contributed by atoms with Crippen LogP contribution in [-0.4, -0.2) is 12.5 Å². The van der Waals surface area contributed by atoms with Gasteiger partial charge in [0, 0.05) is 11.8 Å². The van der Waals surface area contributed by atoms with Crippen molar-refractivity contribution < 1.29 is 18.3 Å². The van der Waals surface area contributed by atoms with Gasteiger partial charge in [-0.1, -0.05) is 12.1 Å². The van der Waals surface area contributed by atoms with Crippen molar-refractivity contribution in [3.05, 3.63) is 59.2 Å². The maximum atomic E-state index is 13.0. The predicted molar refractivity (Wildman–Crippen MR) is 76.4 cm³/mol. The fraction of sp³-hybridized carbons (Fsp3) is 0.188. The molecule has 1 amide bonds. The Hall–Kier alpha value is -2.43. The van der Waals surface area contributed by atoms with Gasteiger partial charge >= 0.3 is 0 Å². The normalized spacial score (nSPS) is 10.3. The first kappa shape index (κ1) is 15.0. The second-order valence-electron chi connectivity index (χ2n) is 4.66. The third-order valence-electron chi connectivity index (χ3n) is 3.12. The number of carbonyl (C=O) groups is 1. The lowest BCUT2D eigenvalue weighted by atomic mass is 10.1. The van der Waals surface area contributed by atoms with Gasteiger partial charge in [0.1, 0.15) is 5.75 Å². The van der Waals surface area contributed by atoms with E-state index in [1.807, 2.05) is 26.0 Å². The van der Waals surface area contributed by atoms with Gasteiger partial charge in [-0.25, -0.2) is 8.78 Å². The largest absolute Gasteiger partial charge is 0.483 e. The first-order valence-electron chi connectivity index (χ1n) is 6.41. The Kier molecular flexibility index (Phi) is 4.52. The average Bonchev–Trinajstić information content (AvgIpc) is 2.44. The molecule has 0 aliphatic heterocycles. The van der Waals surface area contributed by atoms with E-state index in [2.05, 4.69) is 5.32 Å². The molecule has 110 valence electrons. The number of hydrogen-bond acceptors (Lipinski definition) is 2. The van der Waals surface area contributed by atoms with Gasteiger partial charge in [-0.15, -0.1) is 0 Å². The van der Waals surface area contributed by atoms with Crippen molar-refractivity contribution in [1.29, 1.82) is 0 Å². The highest BCUT2D eigenvalue weighted by atomic mass is 19.2. The molecular formula is C16H15F2NO2. The Morgan fingerprint density at radius 1 is 1.14 bits per heavy atom. The summed E-state index contributed by atoms with van der Waals surface area (Å²) >= 11 is 0. The van der Waals surface area contributed by atoms with E-state index in [0.29, 0.717) is 5.75 Å². The van der Waals surface area contributed by atoms with Crippen LogP contribution in [0.2, 0.25) is 0 Å². The molecule has 0 spiro atoms. The van der Waals surface area contributed by atoms with Crippen molar-refractivity contribution in [2.45, 2.75) is 13.8 Å². The molecule has 0 aliphatic carbocycles. The Bertz CT molecular complexity index is 671. The predicted octanol–water partition coefficient (Wildman–Crippen LogP) is 3.60. The van der Waals surface area contributed by atoms with Crippen LogP contribution < -0.4 is 10.1 Å². The zero-order valence-corrected chi connectivity index (χ0v) is 11.7. The van der Waals surface area contributed by atoms with Crippen molar-refractivity contribution in [3.63, 3.8) is 0 Å². The van der Waals surface area contributed by atoms with E-state index in [9.17, 15) is 13.6 Å². The number of benzene rings is 2. The minimum atomic E-state index is -1.01. The van der Waals surface area contributed by atoms with E-state index in [4.69, 9.17) is 4.74 Å². The third kappa shape index (κ3) is 3.78. The SMILES string of the molecule is Cc1cccc(OCC(=O)Nc2ccc(F)c(F)c2)c1C. The Morgan fingerprint density at radius 3 is 2.62 bits per heavy atom. The fourth-order valence-corrected chi connectivity index (χ4v) is 1.79. The number of anilines is 1. The minimum Gasteiger partial charge on any atom is -0.483 e. The van der Waals surface area contributed by atoms with Gasteiger partial charge in [0.2, 0.25) is 0 Å². The molecule has 0 unspecified atom stereocenters. The molecule has 2 aromatic carbocycles. The monoisotopic (exact) mass is 291 g/mol. The first-order valence-corrected chi connectivity index (χ1v) is 6.41. The maximum absolute atomic E-state index is 13.0. The minimum absolute atomic E-state index is 0.184. The second kappa shape index (κ2) is 6.35. The van der Waals surface area contributed by atoms with Crippen LogP contribution in [0.1, 0.15) is 11.1 Å². The number of amides is 1. The molecular weight excluding hydrogens is 276 g/mol. The third-order valence-corrected chi connectivity index (χ3v) is 3.12.